The number of pyridine rings is 1. The lowest BCUT2D eigenvalue weighted by molar-refractivity contribution is -0.141. The number of alkyl halides is 3. The highest BCUT2D eigenvalue weighted by molar-refractivity contribution is 5.93. The number of hydrogen-bond donors (Lipinski definition) is 1. The van der Waals surface area contributed by atoms with Crippen LogP contribution in [0, 0.1) is 0 Å². The number of nitrogens with one attached hydrogen (secondary N) is 1. The van der Waals surface area contributed by atoms with Gasteiger partial charge in [0.2, 0.25) is 0 Å². The minimum Gasteiger partial charge on any atom is -0.352 e. The van der Waals surface area contributed by atoms with Gasteiger partial charge in [-0.3, -0.25) is 9.78 Å². The topological polar surface area (TPSA) is 42.0 Å². The number of aromatic nitrogens is 1. The van der Waals surface area contributed by atoms with E-state index >= 15 is 0 Å². The first kappa shape index (κ1) is 14.2. The molecule has 6 heteroatoms. The quantitative estimate of drug-likeness (QED) is 0.666. The van der Waals surface area contributed by atoms with E-state index in [9.17, 15) is 18.0 Å². The molecule has 0 unspecified atom stereocenters. The number of rotatable bonds is 4. The summed E-state index contributed by atoms with van der Waals surface area (Å²) in [6.07, 6.45) is 0.849. The van der Waals surface area contributed by atoms with Crippen LogP contribution < -0.4 is 5.32 Å². The predicted octanol–water partition coefficient (Wildman–Crippen LogP) is 2.80. The summed E-state index contributed by atoms with van der Waals surface area (Å²) in [5, 5.41) is 2.58. The zero-order valence-electron chi connectivity index (χ0n) is 9.79. The predicted molar refractivity (Wildman–Crippen MR) is 61.0 cm³/mol. The van der Waals surface area contributed by atoms with Crippen molar-refractivity contribution in [3.8, 4) is 0 Å². The molecule has 0 bridgehead atoms. The molecular formula is C12H13F3N2O. The van der Waals surface area contributed by atoms with Gasteiger partial charge in [-0.1, -0.05) is 12.2 Å². The minimum atomic E-state index is -4.49. The van der Waals surface area contributed by atoms with Gasteiger partial charge in [0.05, 0.1) is 5.56 Å². The van der Waals surface area contributed by atoms with Crippen LogP contribution in [0.15, 0.2) is 30.5 Å². The molecule has 98 valence electrons. The Hall–Kier alpha value is -1.85. The fourth-order valence-corrected chi connectivity index (χ4v) is 1.23. The largest absolute Gasteiger partial charge is 0.433 e. The highest BCUT2D eigenvalue weighted by atomic mass is 19.4. The molecule has 18 heavy (non-hydrogen) atoms. The maximum Gasteiger partial charge on any atom is 0.433 e. The standard InChI is InChI=1S/C12H13F3N2O/c1-2-3-4-7-16-11(18)9-5-6-10(17-8-9)12(13,14)15/h2-3,5-6,8H,4,7H2,1H3,(H,16,18)/b3-2+. The van der Waals surface area contributed by atoms with Gasteiger partial charge in [-0.2, -0.15) is 13.2 Å². The molecule has 0 aliphatic rings. The van der Waals surface area contributed by atoms with E-state index < -0.39 is 17.8 Å². The van der Waals surface area contributed by atoms with Gasteiger partial charge in [-0.25, -0.2) is 0 Å². The lowest BCUT2D eigenvalue weighted by Gasteiger charge is -2.06. The lowest BCUT2D eigenvalue weighted by atomic mass is 10.2. The molecule has 0 radical (unpaired) electrons. The molecule has 1 amide bonds. The van der Waals surface area contributed by atoms with E-state index in [-0.39, 0.29) is 5.56 Å². The third-order valence-electron chi connectivity index (χ3n) is 2.15. The smallest absolute Gasteiger partial charge is 0.352 e. The summed E-state index contributed by atoms with van der Waals surface area (Å²) in [5.41, 5.74) is -0.892. The van der Waals surface area contributed by atoms with Crippen molar-refractivity contribution in [1.29, 1.82) is 0 Å². The van der Waals surface area contributed by atoms with E-state index in [0.717, 1.165) is 18.3 Å². The number of hydrogen-bond acceptors (Lipinski definition) is 2. The van der Waals surface area contributed by atoms with E-state index in [1.54, 1.807) is 0 Å². The van der Waals surface area contributed by atoms with Gasteiger partial charge in [0.25, 0.3) is 5.91 Å². The van der Waals surface area contributed by atoms with Crippen LogP contribution in [-0.4, -0.2) is 17.4 Å². The van der Waals surface area contributed by atoms with Crippen LogP contribution in [-0.2, 0) is 6.18 Å². The third kappa shape index (κ3) is 4.20. The summed E-state index contributed by atoms with van der Waals surface area (Å²) in [7, 11) is 0. The van der Waals surface area contributed by atoms with Crippen molar-refractivity contribution in [1.82, 2.24) is 10.3 Å². The summed E-state index contributed by atoms with van der Waals surface area (Å²) < 4.78 is 36.7. The van der Waals surface area contributed by atoms with Crippen molar-refractivity contribution in [2.45, 2.75) is 19.5 Å². The van der Waals surface area contributed by atoms with Crippen molar-refractivity contribution in [3.63, 3.8) is 0 Å². The average molecular weight is 258 g/mol. The van der Waals surface area contributed by atoms with E-state index in [1.807, 2.05) is 19.1 Å². The fraction of sp³-hybridized carbons (Fsp3) is 0.333. The highest BCUT2D eigenvalue weighted by Crippen LogP contribution is 2.27. The summed E-state index contributed by atoms with van der Waals surface area (Å²) in [5.74, 6) is -0.430. The second kappa shape index (κ2) is 6.18. The van der Waals surface area contributed by atoms with Crippen molar-refractivity contribution in [2.24, 2.45) is 0 Å². The Balaban J connectivity index is 2.59. The molecule has 0 aromatic carbocycles. The maximum atomic E-state index is 12.2. The number of halogens is 3. The number of allylic oxidation sites excluding steroid dienone is 1. The van der Waals surface area contributed by atoms with Gasteiger partial charge >= 0.3 is 6.18 Å². The Kier molecular flexibility index (Phi) is 4.88. The van der Waals surface area contributed by atoms with Crippen molar-refractivity contribution >= 4 is 5.91 Å². The van der Waals surface area contributed by atoms with Gasteiger partial charge in [0.15, 0.2) is 0 Å². The van der Waals surface area contributed by atoms with Crippen LogP contribution in [0.2, 0.25) is 0 Å². The zero-order chi connectivity index (χ0) is 13.6. The molecule has 1 rings (SSSR count). The maximum absolute atomic E-state index is 12.2. The minimum absolute atomic E-state index is 0.114. The molecule has 0 fully saturated rings. The molecule has 0 aliphatic carbocycles. The van der Waals surface area contributed by atoms with Crippen molar-refractivity contribution < 1.29 is 18.0 Å². The second-order valence-electron chi connectivity index (χ2n) is 3.54. The summed E-state index contributed by atoms with van der Waals surface area (Å²) in [6.45, 7) is 2.30. The van der Waals surface area contributed by atoms with E-state index in [4.69, 9.17) is 0 Å². The van der Waals surface area contributed by atoms with Gasteiger partial charge < -0.3 is 5.32 Å². The van der Waals surface area contributed by atoms with Gasteiger partial charge in [0, 0.05) is 12.7 Å². The summed E-state index contributed by atoms with van der Waals surface area (Å²) in [6, 6.07) is 1.90. The molecule has 3 nitrogen and oxygen atoms in total. The Morgan fingerprint density at radius 3 is 2.67 bits per heavy atom. The first-order valence-electron chi connectivity index (χ1n) is 5.37. The van der Waals surface area contributed by atoms with Crippen molar-refractivity contribution in [3.05, 3.63) is 41.7 Å². The average Bonchev–Trinajstić information content (AvgIpc) is 2.33. The first-order valence-corrected chi connectivity index (χ1v) is 5.37. The van der Waals surface area contributed by atoms with Crippen LogP contribution in [0.5, 0.6) is 0 Å². The first-order chi connectivity index (χ1) is 8.45. The van der Waals surface area contributed by atoms with E-state index in [0.29, 0.717) is 13.0 Å². The molecule has 0 aliphatic heterocycles. The normalized spacial score (nSPS) is 11.8. The summed E-state index contributed by atoms with van der Waals surface area (Å²) in [4.78, 5) is 14.7. The van der Waals surface area contributed by atoms with Crippen molar-refractivity contribution in [2.75, 3.05) is 6.54 Å². The molecule has 1 N–H and O–H groups in total. The number of carbonyl (C=O) groups is 1. The van der Waals surface area contributed by atoms with Gasteiger partial charge in [-0.05, 0) is 25.5 Å². The Labute approximate surface area is 103 Å². The summed E-state index contributed by atoms with van der Waals surface area (Å²) >= 11 is 0. The molecule has 0 saturated heterocycles. The van der Waals surface area contributed by atoms with E-state index in [2.05, 4.69) is 10.3 Å². The molecule has 0 spiro atoms. The van der Waals surface area contributed by atoms with Crippen LogP contribution in [0.25, 0.3) is 0 Å². The van der Waals surface area contributed by atoms with Crippen LogP contribution >= 0.6 is 0 Å². The highest BCUT2D eigenvalue weighted by Gasteiger charge is 2.32. The SMILES string of the molecule is C/C=C/CCNC(=O)c1ccc(C(F)(F)F)nc1. The number of amides is 1. The lowest BCUT2D eigenvalue weighted by Crippen LogP contribution is -2.24. The van der Waals surface area contributed by atoms with Gasteiger partial charge in [-0.15, -0.1) is 0 Å². The van der Waals surface area contributed by atoms with Crippen LogP contribution in [0.4, 0.5) is 13.2 Å². The van der Waals surface area contributed by atoms with Gasteiger partial charge in [0.1, 0.15) is 5.69 Å². The fourth-order valence-electron chi connectivity index (χ4n) is 1.23. The Bertz CT molecular complexity index is 424. The molecule has 1 aromatic rings. The van der Waals surface area contributed by atoms with Crippen LogP contribution in [0.1, 0.15) is 29.4 Å². The molecule has 1 aromatic heterocycles. The number of carbonyl (C=O) groups excluding carboxylic acids is 1. The molecule has 1 heterocycles. The second-order valence-corrected chi connectivity index (χ2v) is 3.54. The molecular weight excluding hydrogens is 245 g/mol. The number of nitrogens with zero attached hydrogens (tertiary/aromatic N) is 1. The zero-order valence-corrected chi connectivity index (χ0v) is 9.79. The Morgan fingerprint density at radius 1 is 1.44 bits per heavy atom. The monoisotopic (exact) mass is 258 g/mol. The third-order valence-corrected chi connectivity index (χ3v) is 2.15. The van der Waals surface area contributed by atoms with Crippen LogP contribution in [0.3, 0.4) is 0 Å². The molecule has 0 saturated carbocycles. The van der Waals surface area contributed by atoms with E-state index in [1.165, 1.54) is 0 Å². The Morgan fingerprint density at radius 2 is 2.17 bits per heavy atom. The molecule has 0 atom stereocenters.